The summed E-state index contributed by atoms with van der Waals surface area (Å²) < 4.78 is 19.1. The summed E-state index contributed by atoms with van der Waals surface area (Å²) in [6, 6.07) is 4.23. The average Bonchev–Trinajstić information content (AvgIpc) is 2.57. The molecule has 2 N–H and O–H groups in total. The molecular weight excluding hydrogens is 337 g/mol. The van der Waals surface area contributed by atoms with Gasteiger partial charge in [0.2, 0.25) is 0 Å². The van der Waals surface area contributed by atoms with Gasteiger partial charge in [0, 0.05) is 6.20 Å². The predicted octanol–water partition coefficient (Wildman–Crippen LogP) is 2.48. The van der Waals surface area contributed by atoms with Crippen LogP contribution in [0.5, 0.6) is 5.75 Å². The first kappa shape index (κ1) is 18.3. The highest BCUT2D eigenvalue weighted by Crippen LogP contribution is 2.39. The van der Waals surface area contributed by atoms with Gasteiger partial charge >= 0.3 is 0 Å². The van der Waals surface area contributed by atoms with E-state index in [1.807, 2.05) is 0 Å². The van der Waals surface area contributed by atoms with Gasteiger partial charge in [0.05, 0.1) is 30.5 Å². The Morgan fingerprint density at radius 3 is 2.69 bits per heavy atom. The van der Waals surface area contributed by atoms with Gasteiger partial charge in [-0.2, -0.15) is 0 Å². The summed E-state index contributed by atoms with van der Waals surface area (Å²) >= 11 is 0. The third-order valence-corrected chi connectivity index (χ3v) is 4.79. The Bertz CT molecular complexity index is 822. The SMILES string of the molecule is COc1ccc([C@H](NC(=O)c2cnc(C)nc2C)C2CC(O)C2)cc1F. The summed E-state index contributed by atoms with van der Waals surface area (Å²) in [5.41, 5.74) is 1.61. The number of ether oxygens (including phenoxy) is 1. The molecule has 0 unspecified atom stereocenters. The maximum atomic E-state index is 14.1. The van der Waals surface area contributed by atoms with Crippen LogP contribution in [0.2, 0.25) is 0 Å². The fourth-order valence-corrected chi connectivity index (χ4v) is 3.28. The molecule has 1 aromatic heterocycles. The number of hydrogen-bond acceptors (Lipinski definition) is 5. The summed E-state index contributed by atoms with van der Waals surface area (Å²) in [6.45, 7) is 3.51. The third kappa shape index (κ3) is 3.67. The van der Waals surface area contributed by atoms with Crippen LogP contribution in [-0.2, 0) is 0 Å². The monoisotopic (exact) mass is 359 g/mol. The van der Waals surface area contributed by atoms with Crippen LogP contribution in [0.3, 0.4) is 0 Å². The summed E-state index contributed by atoms with van der Waals surface area (Å²) in [5.74, 6) is -0.0253. The Balaban J connectivity index is 1.87. The van der Waals surface area contributed by atoms with Gasteiger partial charge in [-0.3, -0.25) is 4.79 Å². The molecule has 0 aliphatic heterocycles. The van der Waals surface area contributed by atoms with Gasteiger partial charge in [-0.25, -0.2) is 14.4 Å². The van der Waals surface area contributed by atoms with E-state index in [1.165, 1.54) is 19.4 Å². The molecule has 0 radical (unpaired) electrons. The van der Waals surface area contributed by atoms with Gasteiger partial charge in [-0.15, -0.1) is 0 Å². The van der Waals surface area contributed by atoms with Crippen LogP contribution >= 0.6 is 0 Å². The molecule has 1 fully saturated rings. The lowest BCUT2D eigenvalue weighted by Crippen LogP contribution is -2.41. The van der Waals surface area contributed by atoms with E-state index in [2.05, 4.69) is 15.3 Å². The Labute approximate surface area is 151 Å². The molecule has 1 amide bonds. The number of benzene rings is 1. The molecule has 1 aliphatic rings. The lowest BCUT2D eigenvalue weighted by molar-refractivity contribution is 0.0234. The molecule has 1 heterocycles. The van der Waals surface area contributed by atoms with Crippen molar-refractivity contribution >= 4 is 5.91 Å². The Kier molecular flexibility index (Phi) is 5.18. The standard InChI is InChI=1S/C19H22FN3O3/c1-10-15(9-21-11(2)22-10)19(25)23-18(13-6-14(24)7-13)12-4-5-17(26-3)16(20)8-12/h4-5,8-9,13-14,18,24H,6-7H2,1-3H3,(H,23,25)/t13?,14?,18-/m0/s1. The van der Waals surface area contributed by atoms with E-state index in [0.29, 0.717) is 35.5 Å². The number of aliphatic hydroxyl groups is 1. The predicted molar refractivity (Wildman–Crippen MR) is 93.4 cm³/mol. The number of nitrogens with one attached hydrogen (secondary N) is 1. The number of halogens is 1. The second-order valence-corrected chi connectivity index (χ2v) is 6.65. The van der Waals surface area contributed by atoms with Crippen LogP contribution in [0.15, 0.2) is 24.4 Å². The van der Waals surface area contributed by atoms with Crippen molar-refractivity contribution in [2.75, 3.05) is 7.11 Å². The van der Waals surface area contributed by atoms with Crippen molar-refractivity contribution in [3.05, 3.63) is 52.9 Å². The number of carbonyl (C=O) groups excluding carboxylic acids is 1. The molecule has 138 valence electrons. The first-order chi connectivity index (χ1) is 12.4. The van der Waals surface area contributed by atoms with Gasteiger partial charge in [0.1, 0.15) is 5.82 Å². The smallest absolute Gasteiger partial charge is 0.255 e. The Hall–Kier alpha value is -2.54. The van der Waals surface area contributed by atoms with Crippen molar-refractivity contribution in [2.45, 2.75) is 38.8 Å². The van der Waals surface area contributed by atoms with Gasteiger partial charge < -0.3 is 15.2 Å². The maximum absolute atomic E-state index is 14.1. The highest BCUT2D eigenvalue weighted by Gasteiger charge is 2.36. The van der Waals surface area contributed by atoms with Crippen LogP contribution in [0.1, 0.15) is 46.3 Å². The zero-order valence-corrected chi connectivity index (χ0v) is 15.0. The molecule has 3 rings (SSSR count). The van der Waals surface area contributed by atoms with E-state index in [-0.39, 0.29) is 23.7 Å². The zero-order valence-electron chi connectivity index (χ0n) is 15.0. The van der Waals surface area contributed by atoms with E-state index in [9.17, 15) is 14.3 Å². The third-order valence-electron chi connectivity index (χ3n) is 4.79. The fourth-order valence-electron chi connectivity index (χ4n) is 3.28. The number of aryl methyl sites for hydroxylation is 2. The number of amides is 1. The largest absolute Gasteiger partial charge is 0.494 e. The second-order valence-electron chi connectivity index (χ2n) is 6.65. The minimum atomic E-state index is -0.487. The van der Waals surface area contributed by atoms with Crippen molar-refractivity contribution in [3.8, 4) is 5.75 Å². The van der Waals surface area contributed by atoms with Crippen LogP contribution in [0.25, 0.3) is 0 Å². The lowest BCUT2D eigenvalue weighted by Gasteiger charge is -2.38. The number of aliphatic hydroxyl groups excluding tert-OH is 1. The molecule has 7 heteroatoms. The van der Waals surface area contributed by atoms with E-state index >= 15 is 0 Å². The number of aromatic nitrogens is 2. The van der Waals surface area contributed by atoms with Gasteiger partial charge in [-0.1, -0.05) is 6.07 Å². The molecule has 26 heavy (non-hydrogen) atoms. The topological polar surface area (TPSA) is 84.3 Å². The minimum absolute atomic E-state index is 0.0356. The molecular formula is C19H22FN3O3. The van der Waals surface area contributed by atoms with Crippen molar-refractivity contribution in [1.82, 2.24) is 15.3 Å². The van der Waals surface area contributed by atoms with Crippen molar-refractivity contribution in [3.63, 3.8) is 0 Å². The van der Waals surface area contributed by atoms with Crippen LogP contribution in [0, 0.1) is 25.6 Å². The fraction of sp³-hybridized carbons (Fsp3) is 0.421. The molecule has 2 aromatic rings. The summed E-state index contributed by atoms with van der Waals surface area (Å²) in [7, 11) is 1.40. The normalized spacial score (nSPS) is 20.2. The van der Waals surface area contributed by atoms with E-state index < -0.39 is 11.9 Å². The van der Waals surface area contributed by atoms with Crippen LogP contribution in [0.4, 0.5) is 4.39 Å². The van der Waals surface area contributed by atoms with Gasteiger partial charge in [0.15, 0.2) is 11.6 Å². The summed E-state index contributed by atoms with van der Waals surface area (Å²) in [5, 5.41) is 12.6. The van der Waals surface area contributed by atoms with E-state index in [1.54, 1.807) is 26.0 Å². The first-order valence-corrected chi connectivity index (χ1v) is 8.51. The van der Waals surface area contributed by atoms with Crippen molar-refractivity contribution in [2.24, 2.45) is 5.92 Å². The quantitative estimate of drug-likeness (QED) is 0.857. The molecule has 0 bridgehead atoms. The summed E-state index contributed by atoms with van der Waals surface area (Å²) in [6.07, 6.45) is 2.23. The molecule has 1 aliphatic carbocycles. The Morgan fingerprint density at radius 1 is 1.38 bits per heavy atom. The molecule has 1 saturated carbocycles. The highest BCUT2D eigenvalue weighted by molar-refractivity contribution is 5.95. The van der Waals surface area contributed by atoms with Crippen molar-refractivity contribution in [1.29, 1.82) is 0 Å². The lowest BCUT2D eigenvalue weighted by atomic mass is 9.75. The number of nitrogens with zero attached hydrogens (tertiary/aromatic N) is 2. The average molecular weight is 359 g/mol. The molecule has 0 spiro atoms. The summed E-state index contributed by atoms with van der Waals surface area (Å²) in [4.78, 5) is 21.0. The van der Waals surface area contributed by atoms with Gasteiger partial charge in [0.25, 0.3) is 5.91 Å². The zero-order chi connectivity index (χ0) is 18.8. The Morgan fingerprint density at radius 2 is 2.12 bits per heavy atom. The van der Waals surface area contributed by atoms with E-state index in [0.717, 1.165) is 0 Å². The number of methoxy groups -OCH3 is 1. The molecule has 1 aromatic carbocycles. The number of carbonyl (C=O) groups is 1. The van der Waals surface area contributed by atoms with Crippen LogP contribution in [-0.4, -0.2) is 34.2 Å². The molecule has 6 nitrogen and oxygen atoms in total. The molecule has 0 saturated heterocycles. The number of hydrogen-bond donors (Lipinski definition) is 2. The number of rotatable bonds is 5. The second kappa shape index (κ2) is 7.37. The first-order valence-electron chi connectivity index (χ1n) is 8.51. The highest BCUT2D eigenvalue weighted by atomic mass is 19.1. The van der Waals surface area contributed by atoms with Crippen molar-refractivity contribution < 1.29 is 19.0 Å². The van der Waals surface area contributed by atoms with Gasteiger partial charge in [-0.05, 0) is 50.3 Å². The minimum Gasteiger partial charge on any atom is -0.494 e. The molecule has 1 atom stereocenters. The van der Waals surface area contributed by atoms with E-state index in [4.69, 9.17) is 4.74 Å². The maximum Gasteiger partial charge on any atom is 0.255 e. The van der Waals surface area contributed by atoms with Crippen LogP contribution < -0.4 is 10.1 Å².